The summed E-state index contributed by atoms with van der Waals surface area (Å²) in [5.41, 5.74) is 2.94. The van der Waals surface area contributed by atoms with Crippen LogP contribution in [-0.2, 0) is 5.41 Å². The minimum Gasteiger partial charge on any atom is -0.437 e. The van der Waals surface area contributed by atoms with Gasteiger partial charge in [-0.3, -0.25) is 0 Å². The molecule has 0 amide bonds. The zero-order chi connectivity index (χ0) is 20.6. The molecule has 0 saturated carbocycles. The fourth-order valence-electron chi connectivity index (χ4n) is 3.13. The molecule has 4 rings (SSSR count). The lowest BCUT2D eigenvalue weighted by molar-refractivity contribution is 0.442. The van der Waals surface area contributed by atoms with Crippen molar-refractivity contribution in [2.24, 2.45) is 0 Å². The van der Waals surface area contributed by atoms with Crippen molar-refractivity contribution >= 4 is 32.4 Å². The first-order valence-corrected chi connectivity index (χ1v) is 10.2. The fourth-order valence-corrected chi connectivity index (χ4v) is 4.12. The molecule has 1 N–H and O–H groups in total. The number of anilines is 2. The van der Waals surface area contributed by atoms with E-state index in [1.165, 1.54) is 17.4 Å². The van der Waals surface area contributed by atoms with Gasteiger partial charge in [-0.25, -0.2) is 14.4 Å². The molecular weight excluding hydrogens is 385 g/mol. The summed E-state index contributed by atoms with van der Waals surface area (Å²) in [6, 6.07) is 15.1. The highest BCUT2D eigenvalue weighted by molar-refractivity contribution is 7.22. The Morgan fingerprint density at radius 2 is 1.86 bits per heavy atom. The predicted molar refractivity (Wildman–Crippen MR) is 117 cm³/mol. The van der Waals surface area contributed by atoms with Gasteiger partial charge in [-0.1, -0.05) is 50.3 Å². The molecule has 0 aliphatic heterocycles. The van der Waals surface area contributed by atoms with E-state index in [4.69, 9.17) is 4.74 Å². The summed E-state index contributed by atoms with van der Waals surface area (Å²) in [5, 5.41) is 3.83. The first-order valence-electron chi connectivity index (χ1n) is 9.37. The molecule has 0 unspecified atom stereocenters. The molecule has 0 atom stereocenters. The second kappa shape index (κ2) is 7.44. The van der Waals surface area contributed by atoms with Crippen LogP contribution < -0.4 is 10.1 Å². The first-order chi connectivity index (χ1) is 13.8. The summed E-state index contributed by atoms with van der Waals surface area (Å²) in [7, 11) is 0. The molecule has 0 aliphatic carbocycles. The summed E-state index contributed by atoms with van der Waals surface area (Å²) in [6.07, 6.45) is 1.68. The van der Waals surface area contributed by atoms with Crippen molar-refractivity contribution in [2.45, 2.75) is 33.1 Å². The Kier molecular flexibility index (Phi) is 4.96. The summed E-state index contributed by atoms with van der Waals surface area (Å²) in [5.74, 6) is 0.888. The lowest BCUT2D eigenvalue weighted by atomic mass is 9.86. The van der Waals surface area contributed by atoms with Gasteiger partial charge in [0.15, 0.2) is 10.9 Å². The molecule has 0 radical (unpaired) electrons. The lowest BCUT2D eigenvalue weighted by Crippen LogP contribution is -2.12. The summed E-state index contributed by atoms with van der Waals surface area (Å²) >= 11 is 1.40. The molecular formula is C23H22FN3OS. The molecule has 4 aromatic rings. The highest BCUT2D eigenvalue weighted by Gasteiger charge is 2.20. The maximum Gasteiger partial charge on any atom is 0.243 e. The number of pyridine rings is 1. The van der Waals surface area contributed by atoms with Crippen molar-refractivity contribution in [1.29, 1.82) is 0 Å². The van der Waals surface area contributed by atoms with Crippen molar-refractivity contribution in [3.8, 4) is 11.6 Å². The number of nitrogens with one attached hydrogen (secondary N) is 1. The number of fused-ring (bicyclic) bond motifs is 1. The van der Waals surface area contributed by atoms with Crippen LogP contribution in [0.4, 0.5) is 15.2 Å². The Morgan fingerprint density at radius 1 is 1.07 bits per heavy atom. The van der Waals surface area contributed by atoms with Crippen molar-refractivity contribution in [3.05, 3.63) is 71.7 Å². The van der Waals surface area contributed by atoms with Crippen LogP contribution in [0.1, 0.15) is 31.9 Å². The SMILES string of the molecule is Cc1cc(F)c2nc(Nc3cccnc3Oc3ccccc3C(C)(C)C)sc2c1. The Balaban J connectivity index is 1.68. The number of aromatic nitrogens is 2. The molecule has 0 bridgehead atoms. The van der Waals surface area contributed by atoms with Gasteiger partial charge in [-0.2, -0.15) is 0 Å². The van der Waals surface area contributed by atoms with Crippen LogP contribution in [0.5, 0.6) is 11.6 Å². The normalized spacial score (nSPS) is 11.6. The molecule has 29 heavy (non-hydrogen) atoms. The lowest BCUT2D eigenvalue weighted by Gasteiger charge is -2.22. The minimum atomic E-state index is -0.314. The van der Waals surface area contributed by atoms with E-state index in [2.05, 4.69) is 42.1 Å². The molecule has 0 spiro atoms. The third-order valence-electron chi connectivity index (χ3n) is 4.51. The number of halogens is 1. The van der Waals surface area contributed by atoms with Crippen molar-refractivity contribution in [2.75, 3.05) is 5.32 Å². The van der Waals surface area contributed by atoms with Gasteiger partial charge in [-0.05, 0) is 48.2 Å². The number of aryl methyl sites for hydroxylation is 1. The second-order valence-corrected chi connectivity index (χ2v) is 8.97. The summed E-state index contributed by atoms with van der Waals surface area (Å²) in [4.78, 5) is 8.80. The Hall–Kier alpha value is -2.99. The third kappa shape index (κ3) is 4.07. The van der Waals surface area contributed by atoms with Crippen molar-refractivity contribution < 1.29 is 9.13 Å². The van der Waals surface area contributed by atoms with Gasteiger partial charge in [-0.15, -0.1) is 0 Å². The van der Waals surface area contributed by atoms with E-state index in [-0.39, 0.29) is 11.2 Å². The zero-order valence-corrected chi connectivity index (χ0v) is 17.6. The van der Waals surface area contributed by atoms with E-state index in [9.17, 15) is 4.39 Å². The average Bonchev–Trinajstić information content (AvgIpc) is 3.05. The van der Waals surface area contributed by atoms with E-state index in [1.54, 1.807) is 6.20 Å². The maximum atomic E-state index is 14.2. The van der Waals surface area contributed by atoms with E-state index in [1.807, 2.05) is 43.3 Å². The fraction of sp³-hybridized carbons (Fsp3) is 0.217. The molecule has 0 saturated heterocycles. The zero-order valence-electron chi connectivity index (χ0n) is 16.8. The number of hydrogen-bond acceptors (Lipinski definition) is 5. The Bertz CT molecular complexity index is 1180. The Labute approximate surface area is 173 Å². The monoisotopic (exact) mass is 407 g/mol. The molecule has 0 aliphatic rings. The summed E-state index contributed by atoms with van der Waals surface area (Å²) < 4.78 is 21.2. The van der Waals surface area contributed by atoms with E-state index < -0.39 is 0 Å². The quantitative estimate of drug-likeness (QED) is 0.397. The number of para-hydroxylation sites is 1. The van der Waals surface area contributed by atoms with E-state index in [0.717, 1.165) is 21.6 Å². The van der Waals surface area contributed by atoms with E-state index in [0.29, 0.717) is 22.2 Å². The second-order valence-electron chi connectivity index (χ2n) is 7.94. The van der Waals surface area contributed by atoms with Crippen molar-refractivity contribution in [1.82, 2.24) is 9.97 Å². The van der Waals surface area contributed by atoms with Crippen LogP contribution in [-0.4, -0.2) is 9.97 Å². The largest absolute Gasteiger partial charge is 0.437 e. The third-order valence-corrected chi connectivity index (χ3v) is 5.43. The van der Waals surface area contributed by atoms with Crippen LogP contribution in [0.3, 0.4) is 0 Å². The molecule has 2 heterocycles. The van der Waals surface area contributed by atoms with Gasteiger partial charge in [0.25, 0.3) is 0 Å². The molecule has 4 nitrogen and oxygen atoms in total. The number of nitrogens with zero attached hydrogens (tertiary/aromatic N) is 2. The standard InChI is InChI=1S/C23H22FN3OS/c1-14-12-16(24)20-19(13-14)29-22(27-20)26-17-9-7-11-25-21(17)28-18-10-6-5-8-15(18)23(2,3)4/h5-13H,1-4H3,(H,26,27). The highest BCUT2D eigenvalue weighted by atomic mass is 32.1. The van der Waals surface area contributed by atoms with Crippen LogP contribution in [0.15, 0.2) is 54.7 Å². The van der Waals surface area contributed by atoms with Crippen LogP contribution >= 0.6 is 11.3 Å². The number of rotatable bonds is 4. The first kappa shape index (κ1) is 19.3. The predicted octanol–water partition coefficient (Wildman–Crippen LogP) is 6.97. The molecule has 6 heteroatoms. The van der Waals surface area contributed by atoms with E-state index >= 15 is 0 Å². The van der Waals surface area contributed by atoms with Crippen LogP contribution in [0, 0.1) is 12.7 Å². The van der Waals surface area contributed by atoms with Gasteiger partial charge in [0.2, 0.25) is 5.88 Å². The van der Waals surface area contributed by atoms with Crippen LogP contribution in [0.25, 0.3) is 10.2 Å². The highest BCUT2D eigenvalue weighted by Crippen LogP contribution is 2.37. The van der Waals surface area contributed by atoms with Gasteiger partial charge < -0.3 is 10.1 Å². The molecule has 2 aromatic carbocycles. The molecule has 0 fully saturated rings. The van der Waals surface area contributed by atoms with Gasteiger partial charge in [0, 0.05) is 11.8 Å². The number of hydrogen-bond donors (Lipinski definition) is 1. The maximum absolute atomic E-state index is 14.2. The smallest absolute Gasteiger partial charge is 0.243 e. The number of ether oxygens (including phenoxy) is 1. The average molecular weight is 408 g/mol. The van der Waals surface area contributed by atoms with Gasteiger partial charge >= 0.3 is 0 Å². The topological polar surface area (TPSA) is 47.0 Å². The van der Waals surface area contributed by atoms with Crippen molar-refractivity contribution in [3.63, 3.8) is 0 Å². The van der Waals surface area contributed by atoms with Gasteiger partial charge in [0.1, 0.15) is 17.0 Å². The molecule has 148 valence electrons. The minimum absolute atomic E-state index is 0.0681. The number of benzene rings is 2. The molecule has 2 aromatic heterocycles. The van der Waals surface area contributed by atoms with Gasteiger partial charge in [0.05, 0.1) is 4.70 Å². The van der Waals surface area contributed by atoms with Crippen LogP contribution in [0.2, 0.25) is 0 Å². The number of thiazole rings is 1. The summed E-state index contributed by atoms with van der Waals surface area (Å²) in [6.45, 7) is 8.30. The Morgan fingerprint density at radius 3 is 2.66 bits per heavy atom.